The van der Waals surface area contributed by atoms with E-state index in [-0.39, 0.29) is 38.8 Å². The minimum atomic E-state index is -3.93. The minimum absolute atomic E-state index is 0.0170. The van der Waals surface area contributed by atoms with Gasteiger partial charge >= 0.3 is 12.2 Å². The van der Waals surface area contributed by atoms with Crippen molar-refractivity contribution in [1.82, 2.24) is 25.2 Å². The minimum Gasteiger partial charge on any atom is -0.444 e. The second-order valence-corrected chi connectivity index (χ2v) is 16.5. The van der Waals surface area contributed by atoms with E-state index in [0.717, 1.165) is 0 Å². The molecule has 14 nitrogen and oxygen atoms in total. The van der Waals surface area contributed by atoms with Gasteiger partial charge in [0.05, 0.1) is 17.8 Å². The number of benzene rings is 1. The molecular formula is C34H42FN5O9S. The highest BCUT2D eigenvalue weighted by atomic mass is 32.2. The Hall–Kier alpha value is -4.47. The molecule has 3 fully saturated rings. The number of halogens is 1. The van der Waals surface area contributed by atoms with Crippen LogP contribution in [0.2, 0.25) is 0 Å². The van der Waals surface area contributed by atoms with Crippen molar-refractivity contribution in [2.24, 2.45) is 5.92 Å². The normalized spacial score (nSPS) is 29.4. The lowest BCUT2D eigenvalue weighted by Gasteiger charge is -2.35. The molecule has 5 aliphatic rings. The zero-order chi connectivity index (χ0) is 36.2. The van der Waals surface area contributed by atoms with Crippen molar-refractivity contribution in [1.29, 1.82) is 0 Å². The molecule has 6 rings (SSSR count). The maximum Gasteiger partial charge on any atom is 0.410 e. The molecule has 1 aromatic carbocycles. The average Bonchev–Trinajstić information content (AvgIpc) is 3.93. The number of fused-ring (bicyclic) bond motifs is 2. The molecule has 5 amide bonds. The summed E-state index contributed by atoms with van der Waals surface area (Å²) in [6.45, 7) is 8.84. The molecule has 2 saturated carbocycles. The van der Waals surface area contributed by atoms with Gasteiger partial charge in [0.1, 0.15) is 35.1 Å². The van der Waals surface area contributed by atoms with Crippen LogP contribution in [0.5, 0.6) is 0 Å². The standard InChI is InChI=1S/C34H42FN5O9S/c1-5-20-16-34(20,30(43)38-50(46,47)21-13-14-21)37-28(41)26-15-27(48-32(45)39-17-19-9-8-10-23(35)22(19)18-39)25-12-7-6-11-24(29(42)40(25)26)36-31(44)49-33(2,3)4/h5-10,20-21,24-27H,1,11-18H2,2-4H3,(H,36,44)(H,37,41)(H,38,43)/b7-6-/t20-,24+,25+,26+,27-,34-/m1/s1. The molecule has 3 N–H and O–H groups in total. The van der Waals surface area contributed by atoms with Crippen LogP contribution in [0.1, 0.15) is 70.4 Å². The van der Waals surface area contributed by atoms with Crippen LogP contribution in [0.3, 0.4) is 0 Å². The fourth-order valence-corrected chi connectivity index (χ4v) is 8.26. The van der Waals surface area contributed by atoms with E-state index >= 15 is 0 Å². The van der Waals surface area contributed by atoms with Crippen molar-refractivity contribution in [3.8, 4) is 0 Å². The Morgan fingerprint density at radius 2 is 1.82 bits per heavy atom. The lowest BCUT2D eigenvalue weighted by Crippen LogP contribution is -2.60. The average molecular weight is 716 g/mol. The summed E-state index contributed by atoms with van der Waals surface area (Å²) in [4.78, 5) is 70.7. The first kappa shape index (κ1) is 35.4. The van der Waals surface area contributed by atoms with Gasteiger partial charge in [-0.25, -0.2) is 22.4 Å². The fraction of sp³-hybridized carbons (Fsp3) is 0.559. The van der Waals surface area contributed by atoms with E-state index in [1.807, 2.05) is 0 Å². The SMILES string of the molecule is C=C[C@@H]1C[C@]1(NC(=O)[C@@H]1C[C@@H](OC(=O)N2Cc3cccc(F)c3C2)[C@@H]2C/C=C\C[C@H](NC(=O)OC(C)(C)C)C(=O)N12)C(=O)NS(=O)(=O)C1CC1. The van der Waals surface area contributed by atoms with Gasteiger partial charge in [-0.3, -0.25) is 24.0 Å². The molecular weight excluding hydrogens is 673 g/mol. The van der Waals surface area contributed by atoms with Gasteiger partial charge in [-0.2, -0.15) is 0 Å². The van der Waals surface area contributed by atoms with Crippen molar-refractivity contribution in [3.05, 3.63) is 60.0 Å². The molecule has 2 aliphatic carbocycles. The number of rotatable bonds is 8. The summed E-state index contributed by atoms with van der Waals surface area (Å²) in [5.41, 5.74) is -1.45. The third kappa shape index (κ3) is 7.07. The highest BCUT2D eigenvalue weighted by Crippen LogP contribution is 2.46. The van der Waals surface area contributed by atoms with E-state index in [0.29, 0.717) is 24.0 Å². The number of ether oxygens (including phenoxy) is 2. The summed E-state index contributed by atoms with van der Waals surface area (Å²) in [5.74, 6) is -3.31. The first-order valence-corrected chi connectivity index (χ1v) is 18.3. The highest BCUT2D eigenvalue weighted by Gasteiger charge is 2.62. The van der Waals surface area contributed by atoms with Crippen LogP contribution in [0.15, 0.2) is 43.0 Å². The topological polar surface area (TPSA) is 181 Å². The largest absolute Gasteiger partial charge is 0.444 e. The molecule has 1 saturated heterocycles. The monoisotopic (exact) mass is 715 g/mol. The third-order valence-electron chi connectivity index (χ3n) is 9.73. The number of carbonyl (C=O) groups is 5. The van der Waals surface area contributed by atoms with Gasteiger partial charge in [-0.15, -0.1) is 6.58 Å². The summed E-state index contributed by atoms with van der Waals surface area (Å²) in [5, 5.41) is 4.63. The van der Waals surface area contributed by atoms with Crippen LogP contribution < -0.4 is 15.4 Å². The number of hydrogen-bond acceptors (Lipinski definition) is 9. The Morgan fingerprint density at radius 1 is 1.10 bits per heavy atom. The van der Waals surface area contributed by atoms with Crippen LogP contribution in [-0.4, -0.2) is 88.7 Å². The fourth-order valence-electron chi connectivity index (χ4n) is 6.90. The van der Waals surface area contributed by atoms with Crippen LogP contribution in [0, 0.1) is 11.7 Å². The Bertz CT molecular complexity index is 1760. The van der Waals surface area contributed by atoms with Gasteiger partial charge < -0.3 is 25.0 Å². The van der Waals surface area contributed by atoms with Crippen molar-refractivity contribution in [2.75, 3.05) is 0 Å². The van der Waals surface area contributed by atoms with Crippen LogP contribution in [0.4, 0.5) is 14.0 Å². The summed E-state index contributed by atoms with van der Waals surface area (Å²) in [7, 11) is -3.93. The van der Waals surface area contributed by atoms with E-state index in [1.165, 1.54) is 21.9 Å². The zero-order valence-electron chi connectivity index (χ0n) is 28.1. The quantitative estimate of drug-likeness (QED) is 0.341. The Kier molecular flexibility index (Phi) is 9.20. The summed E-state index contributed by atoms with van der Waals surface area (Å²) in [6, 6.07) is 1.32. The number of sulfonamides is 1. The van der Waals surface area contributed by atoms with Crippen molar-refractivity contribution >= 4 is 39.9 Å². The Morgan fingerprint density at radius 3 is 2.46 bits per heavy atom. The molecule has 3 heterocycles. The first-order valence-electron chi connectivity index (χ1n) is 16.7. The molecule has 0 bridgehead atoms. The van der Waals surface area contributed by atoms with E-state index in [9.17, 15) is 36.8 Å². The molecule has 0 radical (unpaired) electrons. The third-order valence-corrected chi connectivity index (χ3v) is 11.5. The number of nitrogens with zero attached hydrogens (tertiary/aromatic N) is 2. The molecule has 0 unspecified atom stereocenters. The van der Waals surface area contributed by atoms with E-state index in [4.69, 9.17) is 9.47 Å². The summed E-state index contributed by atoms with van der Waals surface area (Å²) < 4.78 is 53.1. The predicted molar refractivity (Wildman–Crippen MR) is 176 cm³/mol. The molecule has 3 aliphatic heterocycles. The van der Waals surface area contributed by atoms with Crippen molar-refractivity contribution in [3.63, 3.8) is 0 Å². The second-order valence-electron chi connectivity index (χ2n) is 14.5. The molecule has 0 spiro atoms. The van der Waals surface area contributed by atoms with Gasteiger partial charge in [0, 0.05) is 24.4 Å². The summed E-state index contributed by atoms with van der Waals surface area (Å²) in [6.07, 6.45) is 3.39. The van der Waals surface area contributed by atoms with Crippen molar-refractivity contribution in [2.45, 2.75) is 113 Å². The summed E-state index contributed by atoms with van der Waals surface area (Å²) >= 11 is 0. The maximum atomic E-state index is 14.4. The lowest BCUT2D eigenvalue weighted by molar-refractivity contribution is -0.143. The lowest BCUT2D eigenvalue weighted by atomic mass is 10.0. The molecule has 0 aromatic heterocycles. The van der Waals surface area contributed by atoms with Crippen LogP contribution in [0.25, 0.3) is 0 Å². The first-order chi connectivity index (χ1) is 23.5. The smallest absolute Gasteiger partial charge is 0.410 e. The van der Waals surface area contributed by atoms with Crippen molar-refractivity contribution < 1.29 is 46.3 Å². The van der Waals surface area contributed by atoms with Gasteiger partial charge in [-0.05, 0) is 64.5 Å². The zero-order valence-corrected chi connectivity index (χ0v) is 29.0. The molecule has 16 heteroatoms. The second kappa shape index (κ2) is 13.0. The van der Waals surface area contributed by atoms with Gasteiger partial charge in [0.25, 0.3) is 5.91 Å². The van der Waals surface area contributed by atoms with Gasteiger partial charge in [0.2, 0.25) is 21.8 Å². The van der Waals surface area contributed by atoms with E-state index < -0.39 is 92.3 Å². The van der Waals surface area contributed by atoms with E-state index in [2.05, 4.69) is 21.9 Å². The molecule has 50 heavy (non-hydrogen) atoms. The Balaban J connectivity index is 1.26. The maximum absolute atomic E-state index is 14.4. The number of carbonyl (C=O) groups excluding carboxylic acids is 5. The number of nitrogens with one attached hydrogen (secondary N) is 3. The Labute approximate surface area is 289 Å². The number of hydrogen-bond donors (Lipinski definition) is 3. The number of amides is 5. The van der Waals surface area contributed by atoms with E-state index in [1.54, 1.807) is 45.1 Å². The molecule has 6 atom stereocenters. The predicted octanol–water partition coefficient (Wildman–Crippen LogP) is 2.53. The van der Waals surface area contributed by atoms with Gasteiger partial charge in [0.15, 0.2) is 0 Å². The van der Waals surface area contributed by atoms with Crippen LogP contribution >= 0.6 is 0 Å². The number of alkyl carbamates (subject to hydrolysis) is 1. The highest BCUT2D eigenvalue weighted by molar-refractivity contribution is 7.91. The van der Waals surface area contributed by atoms with Crippen LogP contribution in [-0.2, 0) is 47.0 Å². The molecule has 1 aromatic rings. The molecule has 270 valence electrons. The van der Waals surface area contributed by atoms with Gasteiger partial charge in [-0.1, -0.05) is 30.4 Å².